The Kier molecular flexibility index (Phi) is 7.20. The van der Waals surface area contributed by atoms with Crippen molar-refractivity contribution in [2.24, 2.45) is 0 Å². The van der Waals surface area contributed by atoms with Crippen molar-refractivity contribution in [3.05, 3.63) is 74.5 Å². The molecule has 0 spiro atoms. The predicted molar refractivity (Wildman–Crippen MR) is 126 cm³/mol. The molecule has 3 aromatic rings. The molecule has 1 aromatic heterocycles. The smallest absolute Gasteiger partial charge is 0.266 e. The second-order valence-electron chi connectivity index (χ2n) is 7.08. The number of halogens is 4. The van der Waals surface area contributed by atoms with Crippen molar-refractivity contribution in [3.8, 4) is 5.75 Å². The fourth-order valence-corrected chi connectivity index (χ4v) is 5.51. The average molecular weight is 532 g/mol. The van der Waals surface area contributed by atoms with Crippen LogP contribution in [0.25, 0.3) is 5.57 Å². The van der Waals surface area contributed by atoms with Crippen LogP contribution in [0.15, 0.2) is 52.2 Å². The van der Waals surface area contributed by atoms with Gasteiger partial charge >= 0.3 is 0 Å². The van der Waals surface area contributed by atoms with Crippen LogP contribution in [0.5, 0.6) is 5.75 Å². The topological polar surface area (TPSA) is 80.3 Å². The summed E-state index contributed by atoms with van der Waals surface area (Å²) in [4.78, 5) is 3.20. The van der Waals surface area contributed by atoms with E-state index in [9.17, 15) is 17.2 Å². The zero-order chi connectivity index (χ0) is 23.6. The third kappa shape index (κ3) is 5.47. The average Bonchev–Trinajstić information content (AvgIpc) is 3.28. The quantitative estimate of drug-likeness (QED) is 0.429. The minimum absolute atomic E-state index is 0.0288. The largest absolute Gasteiger partial charge is 0.490 e. The molecule has 0 saturated carbocycles. The maximum atomic E-state index is 14.7. The first-order valence-electron chi connectivity index (χ1n) is 9.66. The lowest BCUT2D eigenvalue weighted by Gasteiger charge is -2.27. The normalized spacial score (nSPS) is 16.4. The molecule has 0 radical (unpaired) electrons. The Morgan fingerprint density at radius 1 is 1.21 bits per heavy atom. The van der Waals surface area contributed by atoms with Crippen LogP contribution in [0, 0.1) is 11.6 Å². The molecule has 33 heavy (non-hydrogen) atoms. The van der Waals surface area contributed by atoms with Gasteiger partial charge < -0.3 is 10.1 Å². The highest BCUT2D eigenvalue weighted by Crippen LogP contribution is 2.33. The number of rotatable bonds is 7. The van der Waals surface area contributed by atoms with Crippen molar-refractivity contribution in [3.63, 3.8) is 0 Å². The minimum Gasteiger partial charge on any atom is -0.490 e. The van der Waals surface area contributed by atoms with Crippen molar-refractivity contribution in [2.75, 3.05) is 17.9 Å². The Morgan fingerprint density at radius 2 is 2.03 bits per heavy atom. The molecule has 0 saturated heterocycles. The number of sulfonamides is 1. The van der Waals surface area contributed by atoms with Crippen molar-refractivity contribution in [2.45, 2.75) is 17.4 Å². The molecule has 0 fully saturated rings. The van der Waals surface area contributed by atoms with E-state index < -0.39 is 26.6 Å². The van der Waals surface area contributed by atoms with Crippen LogP contribution in [0.3, 0.4) is 0 Å². The first-order valence-corrected chi connectivity index (χ1v) is 12.8. The number of hydrogen-bond acceptors (Lipinski definition) is 6. The van der Waals surface area contributed by atoms with Gasteiger partial charge in [-0.15, -0.1) is 11.3 Å². The number of nitrogens with one attached hydrogen (secondary N) is 2. The van der Waals surface area contributed by atoms with Crippen LogP contribution < -0.4 is 14.8 Å². The molecule has 2 aromatic carbocycles. The number of anilines is 1. The van der Waals surface area contributed by atoms with E-state index in [1.165, 1.54) is 40.4 Å². The third-order valence-electron chi connectivity index (χ3n) is 4.87. The van der Waals surface area contributed by atoms with Crippen LogP contribution in [0.2, 0.25) is 10.0 Å². The predicted octanol–water partition coefficient (Wildman–Crippen LogP) is 5.35. The molecule has 0 amide bonds. The summed E-state index contributed by atoms with van der Waals surface area (Å²) in [5, 5.41) is 5.04. The second kappa shape index (κ2) is 9.94. The SMILES string of the molecule is O=S(=O)(Nc1cscn1)c1cc(Cl)c(OCC2NCCC=C2c2cc(F)ccc2Cl)cc1F. The molecular formula is C21H17Cl2F2N3O3S2. The fraction of sp³-hybridized carbons (Fsp3) is 0.190. The summed E-state index contributed by atoms with van der Waals surface area (Å²) in [6.45, 7) is 0.688. The highest BCUT2D eigenvalue weighted by atomic mass is 35.5. The van der Waals surface area contributed by atoms with Crippen LogP contribution in [-0.4, -0.2) is 32.6 Å². The zero-order valence-electron chi connectivity index (χ0n) is 16.8. The van der Waals surface area contributed by atoms with Gasteiger partial charge in [0.05, 0.1) is 16.6 Å². The second-order valence-corrected chi connectivity index (χ2v) is 10.3. The van der Waals surface area contributed by atoms with E-state index in [0.29, 0.717) is 23.6 Å². The lowest BCUT2D eigenvalue weighted by Crippen LogP contribution is -2.39. The van der Waals surface area contributed by atoms with Crippen LogP contribution in [-0.2, 0) is 10.0 Å². The van der Waals surface area contributed by atoms with Crippen molar-refractivity contribution in [1.82, 2.24) is 10.3 Å². The maximum Gasteiger partial charge on any atom is 0.266 e. The van der Waals surface area contributed by atoms with Gasteiger partial charge in [0.1, 0.15) is 28.9 Å². The molecule has 0 bridgehead atoms. The maximum absolute atomic E-state index is 14.7. The molecule has 2 heterocycles. The van der Waals surface area contributed by atoms with Gasteiger partial charge in [-0.25, -0.2) is 22.2 Å². The summed E-state index contributed by atoms with van der Waals surface area (Å²) in [5.74, 6) is -1.40. The molecule has 2 N–H and O–H groups in total. The van der Waals surface area contributed by atoms with E-state index in [4.69, 9.17) is 27.9 Å². The highest BCUT2D eigenvalue weighted by molar-refractivity contribution is 7.92. The lowest BCUT2D eigenvalue weighted by atomic mass is 9.95. The highest BCUT2D eigenvalue weighted by Gasteiger charge is 2.25. The van der Waals surface area contributed by atoms with Crippen LogP contribution in [0.4, 0.5) is 14.6 Å². The summed E-state index contributed by atoms with van der Waals surface area (Å²) in [7, 11) is -4.23. The Labute approximate surface area is 203 Å². The molecule has 12 heteroatoms. The van der Waals surface area contributed by atoms with E-state index in [2.05, 4.69) is 15.0 Å². The first-order chi connectivity index (χ1) is 15.7. The van der Waals surface area contributed by atoms with E-state index in [-0.39, 0.29) is 29.2 Å². The number of benzene rings is 2. The third-order valence-corrected chi connectivity index (χ3v) is 7.45. The monoisotopic (exact) mass is 531 g/mol. The Hall–Kier alpha value is -2.24. The summed E-state index contributed by atoms with van der Waals surface area (Å²) in [6.07, 6.45) is 2.65. The van der Waals surface area contributed by atoms with Crippen molar-refractivity contribution in [1.29, 1.82) is 0 Å². The van der Waals surface area contributed by atoms with E-state index in [0.717, 1.165) is 17.7 Å². The number of ether oxygens (including phenoxy) is 1. The molecule has 1 unspecified atom stereocenters. The molecule has 0 aliphatic carbocycles. The Balaban J connectivity index is 1.53. The Bertz CT molecular complexity index is 1300. The molecule has 1 atom stereocenters. The summed E-state index contributed by atoms with van der Waals surface area (Å²) < 4.78 is 61.4. The fourth-order valence-electron chi connectivity index (χ4n) is 3.36. The lowest BCUT2D eigenvalue weighted by molar-refractivity contribution is 0.287. The van der Waals surface area contributed by atoms with Crippen molar-refractivity contribution >= 4 is 56.0 Å². The zero-order valence-corrected chi connectivity index (χ0v) is 20.0. The molecular weight excluding hydrogens is 515 g/mol. The van der Waals surface area contributed by atoms with Gasteiger partial charge in [-0.3, -0.25) is 4.72 Å². The molecule has 1 aliphatic heterocycles. The molecule has 1 aliphatic rings. The first kappa shape index (κ1) is 23.9. The van der Waals surface area contributed by atoms with Crippen LogP contribution in [0.1, 0.15) is 12.0 Å². The summed E-state index contributed by atoms with van der Waals surface area (Å²) >= 11 is 13.6. The summed E-state index contributed by atoms with van der Waals surface area (Å²) in [6, 6.07) is 5.62. The van der Waals surface area contributed by atoms with E-state index in [1.54, 1.807) is 0 Å². The van der Waals surface area contributed by atoms with E-state index in [1.807, 2.05) is 6.08 Å². The minimum atomic E-state index is -4.23. The van der Waals surface area contributed by atoms with Gasteiger partial charge in [-0.05, 0) is 42.8 Å². The number of hydrogen-bond donors (Lipinski definition) is 2. The van der Waals surface area contributed by atoms with Gasteiger partial charge in [0.15, 0.2) is 5.82 Å². The molecule has 6 nitrogen and oxygen atoms in total. The Morgan fingerprint density at radius 3 is 2.79 bits per heavy atom. The van der Waals surface area contributed by atoms with Crippen LogP contribution >= 0.6 is 34.5 Å². The standard InChI is InChI=1S/C21H17Cl2F2N3O3S2/c22-15-4-3-12(24)6-14(15)13-2-1-5-26-18(13)9-31-19-8-17(25)20(7-16(19)23)33(29,30)28-21-10-32-11-27-21/h2-4,6-8,10-11,18,26,28H,1,5,9H2. The van der Waals surface area contributed by atoms with Gasteiger partial charge in [-0.2, -0.15) is 0 Å². The number of thiazole rings is 1. The molecule has 4 rings (SSSR count). The number of aromatic nitrogens is 1. The van der Waals surface area contributed by atoms with Gasteiger partial charge in [0, 0.05) is 22.0 Å². The molecule has 174 valence electrons. The van der Waals surface area contributed by atoms with Gasteiger partial charge in [-0.1, -0.05) is 29.3 Å². The van der Waals surface area contributed by atoms with E-state index >= 15 is 0 Å². The number of nitrogens with zero attached hydrogens (tertiary/aromatic N) is 1. The van der Waals surface area contributed by atoms with Gasteiger partial charge in [0.2, 0.25) is 0 Å². The van der Waals surface area contributed by atoms with Crippen molar-refractivity contribution < 1.29 is 21.9 Å². The summed E-state index contributed by atoms with van der Waals surface area (Å²) in [5.41, 5.74) is 2.72. The van der Waals surface area contributed by atoms with Gasteiger partial charge in [0.25, 0.3) is 10.0 Å².